The van der Waals surface area contributed by atoms with Gasteiger partial charge >= 0.3 is 0 Å². The van der Waals surface area contributed by atoms with E-state index in [4.69, 9.17) is 0 Å². The second kappa shape index (κ2) is 6.04. The quantitative estimate of drug-likeness (QED) is 0.452. The lowest BCUT2D eigenvalue weighted by Crippen LogP contribution is -1.96. The van der Waals surface area contributed by atoms with Gasteiger partial charge in [-0.3, -0.25) is 4.79 Å². The van der Waals surface area contributed by atoms with Crippen molar-refractivity contribution in [1.29, 1.82) is 0 Å². The molecule has 0 atom stereocenters. The molecule has 2 heteroatoms. The fraction of sp³-hybridized carbons (Fsp3) is 0.900. The number of carbonyl (C=O) groups excluding carboxylic acids is 1. The van der Waals surface area contributed by atoms with Crippen LogP contribution in [0.25, 0.3) is 0 Å². The van der Waals surface area contributed by atoms with Crippen LogP contribution in [0.2, 0.25) is 0 Å². The van der Waals surface area contributed by atoms with Gasteiger partial charge in [0.05, 0.1) is 6.61 Å². The van der Waals surface area contributed by atoms with Crippen molar-refractivity contribution in [2.75, 3.05) is 6.61 Å². The second-order valence-electron chi connectivity index (χ2n) is 3.61. The zero-order valence-electron chi connectivity index (χ0n) is 7.63. The molecule has 0 radical (unpaired) electrons. The van der Waals surface area contributed by atoms with Crippen molar-refractivity contribution >= 4 is 6.47 Å². The van der Waals surface area contributed by atoms with Crippen LogP contribution in [0.5, 0.6) is 0 Å². The molecular formula is C10H18O2. The van der Waals surface area contributed by atoms with E-state index in [1.54, 1.807) is 0 Å². The summed E-state index contributed by atoms with van der Waals surface area (Å²) < 4.78 is 4.62. The van der Waals surface area contributed by atoms with E-state index >= 15 is 0 Å². The Morgan fingerprint density at radius 2 is 2.00 bits per heavy atom. The lowest BCUT2D eigenvalue weighted by Gasteiger charge is -2.06. The third-order valence-corrected chi connectivity index (χ3v) is 2.67. The highest BCUT2D eigenvalue weighted by Crippen LogP contribution is 2.28. The van der Waals surface area contributed by atoms with Gasteiger partial charge < -0.3 is 4.74 Å². The van der Waals surface area contributed by atoms with E-state index in [2.05, 4.69) is 4.74 Å². The topological polar surface area (TPSA) is 26.3 Å². The Morgan fingerprint density at radius 3 is 2.67 bits per heavy atom. The average molecular weight is 170 g/mol. The van der Waals surface area contributed by atoms with Crippen LogP contribution < -0.4 is 0 Å². The first-order valence-electron chi connectivity index (χ1n) is 4.98. The van der Waals surface area contributed by atoms with Crippen molar-refractivity contribution in [3.8, 4) is 0 Å². The number of hydrogen-bond acceptors (Lipinski definition) is 2. The van der Waals surface area contributed by atoms with Crippen molar-refractivity contribution in [1.82, 2.24) is 0 Å². The molecule has 0 aliphatic heterocycles. The van der Waals surface area contributed by atoms with Crippen molar-refractivity contribution in [3.63, 3.8) is 0 Å². The number of hydrogen-bond donors (Lipinski definition) is 0. The van der Waals surface area contributed by atoms with Gasteiger partial charge in [0.2, 0.25) is 0 Å². The minimum atomic E-state index is 0.537. The summed E-state index contributed by atoms with van der Waals surface area (Å²) in [6.45, 7) is 1.14. The first kappa shape index (κ1) is 9.56. The molecule has 0 amide bonds. The van der Waals surface area contributed by atoms with E-state index in [1.165, 1.54) is 38.5 Å². The van der Waals surface area contributed by atoms with Gasteiger partial charge in [-0.15, -0.1) is 0 Å². The molecule has 0 N–H and O–H groups in total. The molecule has 1 saturated carbocycles. The molecule has 0 bridgehead atoms. The van der Waals surface area contributed by atoms with Gasteiger partial charge in [-0.2, -0.15) is 0 Å². The Bertz CT molecular complexity index is 117. The molecule has 12 heavy (non-hydrogen) atoms. The molecule has 0 spiro atoms. The first-order valence-corrected chi connectivity index (χ1v) is 4.98. The SMILES string of the molecule is O=COCCCCC1CCCC1. The van der Waals surface area contributed by atoms with Gasteiger partial charge in [0.15, 0.2) is 0 Å². The van der Waals surface area contributed by atoms with E-state index < -0.39 is 0 Å². The van der Waals surface area contributed by atoms with Crippen LogP contribution in [0.4, 0.5) is 0 Å². The zero-order valence-corrected chi connectivity index (χ0v) is 7.63. The van der Waals surface area contributed by atoms with Crippen molar-refractivity contribution in [2.45, 2.75) is 44.9 Å². The number of unbranched alkanes of at least 4 members (excludes halogenated alkanes) is 1. The van der Waals surface area contributed by atoms with Gasteiger partial charge in [0.25, 0.3) is 6.47 Å². The van der Waals surface area contributed by atoms with Crippen molar-refractivity contribution < 1.29 is 9.53 Å². The van der Waals surface area contributed by atoms with Crippen LogP contribution >= 0.6 is 0 Å². The predicted octanol–water partition coefficient (Wildman–Crippen LogP) is 2.52. The average Bonchev–Trinajstić information content (AvgIpc) is 2.57. The summed E-state index contributed by atoms with van der Waals surface area (Å²) in [6, 6.07) is 0. The van der Waals surface area contributed by atoms with Crippen molar-refractivity contribution in [2.24, 2.45) is 5.92 Å². The smallest absolute Gasteiger partial charge is 0.293 e. The first-order chi connectivity index (χ1) is 5.93. The monoisotopic (exact) mass is 170 g/mol. The van der Waals surface area contributed by atoms with Gasteiger partial charge in [0, 0.05) is 0 Å². The molecule has 2 nitrogen and oxygen atoms in total. The van der Waals surface area contributed by atoms with Gasteiger partial charge in [0.1, 0.15) is 0 Å². The maximum absolute atomic E-state index is 9.80. The Kier molecular flexibility index (Phi) is 4.81. The van der Waals surface area contributed by atoms with Crippen LogP contribution in [-0.2, 0) is 9.53 Å². The fourth-order valence-electron chi connectivity index (χ4n) is 1.97. The molecule has 0 saturated heterocycles. The van der Waals surface area contributed by atoms with Crippen LogP contribution in [0.3, 0.4) is 0 Å². The lowest BCUT2D eigenvalue weighted by atomic mass is 10.0. The van der Waals surface area contributed by atoms with Gasteiger partial charge in [-0.05, 0) is 18.8 Å². The molecule has 0 aromatic carbocycles. The van der Waals surface area contributed by atoms with E-state index in [0.29, 0.717) is 13.1 Å². The van der Waals surface area contributed by atoms with Gasteiger partial charge in [-0.25, -0.2) is 0 Å². The molecule has 0 unspecified atom stereocenters. The minimum Gasteiger partial charge on any atom is -0.468 e. The molecule has 0 heterocycles. The highest BCUT2D eigenvalue weighted by molar-refractivity contribution is 5.36. The van der Waals surface area contributed by atoms with E-state index in [9.17, 15) is 4.79 Å². The Morgan fingerprint density at radius 1 is 1.25 bits per heavy atom. The Labute approximate surface area is 74.3 Å². The minimum absolute atomic E-state index is 0.537. The van der Waals surface area contributed by atoms with Crippen molar-refractivity contribution in [3.05, 3.63) is 0 Å². The van der Waals surface area contributed by atoms with Crippen LogP contribution in [0.15, 0.2) is 0 Å². The normalized spacial score (nSPS) is 18.0. The Balaban J connectivity index is 1.84. The Hall–Kier alpha value is -0.530. The molecule has 1 rings (SSSR count). The summed E-state index contributed by atoms with van der Waals surface area (Å²) in [5.74, 6) is 0.973. The van der Waals surface area contributed by atoms with Gasteiger partial charge in [-0.1, -0.05) is 32.1 Å². The number of carbonyl (C=O) groups is 1. The predicted molar refractivity (Wildman–Crippen MR) is 47.8 cm³/mol. The second-order valence-corrected chi connectivity index (χ2v) is 3.61. The molecule has 0 aromatic heterocycles. The summed E-state index contributed by atoms with van der Waals surface area (Å²) in [7, 11) is 0. The van der Waals surface area contributed by atoms with Crippen LogP contribution in [-0.4, -0.2) is 13.1 Å². The lowest BCUT2D eigenvalue weighted by molar-refractivity contribution is -0.128. The summed E-state index contributed by atoms with van der Waals surface area (Å²) in [4.78, 5) is 9.80. The molecule has 1 fully saturated rings. The maximum Gasteiger partial charge on any atom is 0.293 e. The fourth-order valence-corrected chi connectivity index (χ4v) is 1.97. The molecule has 70 valence electrons. The molecule has 1 aliphatic rings. The highest BCUT2D eigenvalue weighted by atomic mass is 16.5. The summed E-state index contributed by atoms with van der Waals surface area (Å²) in [5, 5.41) is 0. The maximum atomic E-state index is 9.80. The van der Waals surface area contributed by atoms with E-state index in [0.717, 1.165) is 12.3 Å². The summed E-state index contributed by atoms with van der Waals surface area (Å²) >= 11 is 0. The van der Waals surface area contributed by atoms with E-state index in [1.807, 2.05) is 0 Å². The number of rotatable bonds is 6. The third kappa shape index (κ3) is 3.74. The van der Waals surface area contributed by atoms with Crippen LogP contribution in [0, 0.1) is 5.92 Å². The molecule has 0 aromatic rings. The molecule has 1 aliphatic carbocycles. The van der Waals surface area contributed by atoms with E-state index in [-0.39, 0.29) is 0 Å². The largest absolute Gasteiger partial charge is 0.468 e. The number of ether oxygens (including phenoxy) is 1. The third-order valence-electron chi connectivity index (χ3n) is 2.67. The standard InChI is InChI=1S/C10H18O2/c11-9-12-8-4-3-7-10-5-1-2-6-10/h9-10H,1-8H2. The highest BCUT2D eigenvalue weighted by Gasteiger charge is 2.13. The van der Waals surface area contributed by atoms with Crippen LogP contribution in [0.1, 0.15) is 44.9 Å². The zero-order chi connectivity index (χ0) is 8.65. The summed E-state index contributed by atoms with van der Waals surface area (Å²) in [5.41, 5.74) is 0. The molecular weight excluding hydrogens is 152 g/mol. The summed E-state index contributed by atoms with van der Waals surface area (Å²) in [6.07, 6.45) is 9.30.